The van der Waals surface area contributed by atoms with Crippen molar-refractivity contribution in [3.05, 3.63) is 12.2 Å². The van der Waals surface area contributed by atoms with Crippen LogP contribution in [0.2, 0.25) is 0 Å². The van der Waals surface area contributed by atoms with Crippen LogP contribution in [0.3, 0.4) is 0 Å². The summed E-state index contributed by atoms with van der Waals surface area (Å²) in [4.78, 5) is 12.9. The molecule has 0 bridgehead atoms. The van der Waals surface area contributed by atoms with Crippen LogP contribution >= 0.6 is 0 Å². The minimum Gasteiger partial charge on any atom is -0.395 e. The van der Waals surface area contributed by atoms with Gasteiger partial charge in [-0.25, -0.2) is 0 Å². The van der Waals surface area contributed by atoms with Crippen LogP contribution in [0.25, 0.3) is 0 Å². The molecule has 0 aliphatic heterocycles. The number of carbonyl (C=O) groups is 1. The lowest BCUT2D eigenvalue weighted by Crippen LogP contribution is -2.36. The third-order valence-corrected chi connectivity index (χ3v) is 2.67. The van der Waals surface area contributed by atoms with Crippen LogP contribution in [0.1, 0.15) is 26.2 Å². The van der Waals surface area contributed by atoms with Crippen LogP contribution < -0.4 is 0 Å². The highest BCUT2D eigenvalue weighted by atomic mass is 16.3. The normalized spacial score (nSPS) is 20.9. The van der Waals surface area contributed by atoms with E-state index in [2.05, 4.69) is 12.2 Å². The fourth-order valence-corrected chi connectivity index (χ4v) is 1.83. The Kier molecular flexibility index (Phi) is 4.66. The lowest BCUT2D eigenvalue weighted by atomic mass is 9.94. The molecule has 80 valence electrons. The zero-order valence-electron chi connectivity index (χ0n) is 8.78. The Morgan fingerprint density at radius 1 is 1.57 bits per heavy atom. The Balaban J connectivity index is 2.38. The molecule has 1 rings (SSSR count). The first-order chi connectivity index (χ1) is 6.74. The summed E-state index contributed by atoms with van der Waals surface area (Å²) in [6, 6.07) is 0. The molecule has 3 nitrogen and oxygen atoms in total. The van der Waals surface area contributed by atoms with Gasteiger partial charge in [0.15, 0.2) is 0 Å². The molecule has 0 saturated heterocycles. The van der Waals surface area contributed by atoms with Crippen LogP contribution in [0.5, 0.6) is 0 Å². The standard InChI is InChI=1S/C11H19NO2/c1-10(14)12(7-8-13)9-11-5-3-2-4-6-11/h2-3,11,13H,4-9H2,1H3. The molecule has 0 fully saturated rings. The maximum Gasteiger partial charge on any atom is 0.219 e. The van der Waals surface area contributed by atoms with Crippen molar-refractivity contribution in [2.24, 2.45) is 5.92 Å². The molecule has 1 unspecified atom stereocenters. The van der Waals surface area contributed by atoms with Gasteiger partial charge in [-0.3, -0.25) is 4.79 Å². The van der Waals surface area contributed by atoms with Crippen molar-refractivity contribution in [2.75, 3.05) is 19.7 Å². The topological polar surface area (TPSA) is 40.5 Å². The van der Waals surface area contributed by atoms with E-state index in [0.717, 1.165) is 25.8 Å². The average Bonchev–Trinajstić information content (AvgIpc) is 2.18. The third-order valence-electron chi connectivity index (χ3n) is 2.67. The zero-order chi connectivity index (χ0) is 10.4. The number of amides is 1. The monoisotopic (exact) mass is 197 g/mol. The van der Waals surface area contributed by atoms with Gasteiger partial charge in [0.25, 0.3) is 0 Å². The largest absolute Gasteiger partial charge is 0.395 e. The summed E-state index contributed by atoms with van der Waals surface area (Å²) in [7, 11) is 0. The first-order valence-corrected chi connectivity index (χ1v) is 5.25. The number of hydrogen-bond donors (Lipinski definition) is 1. The van der Waals surface area contributed by atoms with E-state index in [0.29, 0.717) is 12.5 Å². The van der Waals surface area contributed by atoms with Crippen LogP contribution in [0.4, 0.5) is 0 Å². The van der Waals surface area contributed by atoms with E-state index >= 15 is 0 Å². The molecule has 1 N–H and O–H groups in total. The van der Waals surface area contributed by atoms with Crippen molar-refractivity contribution in [1.82, 2.24) is 4.90 Å². The van der Waals surface area contributed by atoms with Crippen molar-refractivity contribution in [2.45, 2.75) is 26.2 Å². The molecule has 0 aromatic heterocycles. The quantitative estimate of drug-likeness (QED) is 0.688. The number of rotatable bonds is 4. The second-order valence-corrected chi connectivity index (χ2v) is 3.84. The second-order valence-electron chi connectivity index (χ2n) is 3.84. The molecule has 0 radical (unpaired) electrons. The molecule has 1 amide bonds. The molecule has 0 aromatic rings. The van der Waals surface area contributed by atoms with E-state index in [-0.39, 0.29) is 12.5 Å². The minimum atomic E-state index is 0.0577. The Morgan fingerprint density at radius 3 is 2.86 bits per heavy atom. The highest BCUT2D eigenvalue weighted by molar-refractivity contribution is 5.73. The highest BCUT2D eigenvalue weighted by Gasteiger charge is 2.16. The molecule has 1 atom stereocenters. The van der Waals surface area contributed by atoms with Gasteiger partial charge in [-0.15, -0.1) is 0 Å². The van der Waals surface area contributed by atoms with Gasteiger partial charge in [0.05, 0.1) is 6.61 Å². The van der Waals surface area contributed by atoms with E-state index in [4.69, 9.17) is 5.11 Å². The molecule has 14 heavy (non-hydrogen) atoms. The fraction of sp³-hybridized carbons (Fsp3) is 0.727. The molecule has 0 spiro atoms. The summed E-state index contributed by atoms with van der Waals surface area (Å²) >= 11 is 0. The lowest BCUT2D eigenvalue weighted by molar-refractivity contribution is -0.130. The number of aliphatic hydroxyl groups is 1. The molecule has 3 heteroatoms. The minimum absolute atomic E-state index is 0.0577. The molecule has 1 aliphatic carbocycles. The Morgan fingerprint density at radius 2 is 2.36 bits per heavy atom. The van der Waals surface area contributed by atoms with Crippen LogP contribution in [0.15, 0.2) is 12.2 Å². The average molecular weight is 197 g/mol. The lowest BCUT2D eigenvalue weighted by Gasteiger charge is -2.26. The summed E-state index contributed by atoms with van der Waals surface area (Å²) < 4.78 is 0. The molecule has 1 aliphatic rings. The van der Waals surface area contributed by atoms with Crippen LogP contribution in [0, 0.1) is 5.92 Å². The Labute approximate surface area is 85.4 Å². The number of nitrogens with zero attached hydrogens (tertiary/aromatic N) is 1. The maximum atomic E-state index is 11.2. The van der Waals surface area contributed by atoms with Gasteiger partial charge >= 0.3 is 0 Å². The predicted octanol–water partition coefficient (Wildman–Crippen LogP) is 1.18. The van der Waals surface area contributed by atoms with Crippen molar-refractivity contribution >= 4 is 5.91 Å². The predicted molar refractivity (Wildman–Crippen MR) is 55.8 cm³/mol. The maximum absolute atomic E-state index is 11.2. The number of aliphatic hydroxyl groups excluding tert-OH is 1. The summed E-state index contributed by atoms with van der Waals surface area (Å²) in [5, 5.41) is 8.81. The van der Waals surface area contributed by atoms with Gasteiger partial charge in [0.2, 0.25) is 5.91 Å². The SMILES string of the molecule is CC(=O)N(CCO)CC1CC=CCC1. The smallest absolute Gasteiger partial charge is 0.219 e. The number of allylic oxidation sites excluding steroid dienone is 2. The summed E-state index contributed by atoms with van der Waals surface area (Å²) in [6.07, 6.45) is 7.72. The zero-order valence-corrected chi connectivity index (χ0v) is 8.78. The summed E-state index contributed by atoms with van der Waals surface area (Å²) in [5.41, 5.74) is 0. The van der Waals surface area contributed by atoms with Gasteiger partial charge < -0.3 is 10.0 Å². The first-order valence-electron chi connectivity index (χ1n) is 5.25. The summed E-state index contributed by atoms with van der Waals surface area (Å²) in [5.74, 6) is 0.643. The molecule has 0 aromatic carbocycles. The van der Waals surface area contributed by atoms with Gasteiger partial charge in [0.1, 0.15) is 0 Å². The summed E-state index contributed by atoms with van der Waals surface area (Å²) in [6.45, 7) is 2.88. The van der Waals surface area contributed by atoms with E-state index < -0.39 is 0 Å². The highest BCUT2D eigenvalue weighted by Crippen LogP contribution is 2.19. The van der Waals surface area contributed by atoms with Gasteiger partial charge in [0, 0.05) is 20.0 Å². The Bertz CT molecular complexity index is 213. The van der Waals surface area contributed by atoms with Crippen molar-refractivity contribution in [1.29, 1.82) is 0 Å². The first kappa shape index (κ1) is 11.2. The second kappa shape index (κ2) is 5.81. The van der Waals surface area contributed by atoms with Crippen molar-refractivity contribution < 1.29 is 9.90 Å². The van der Waals surface area contributed by atoms with Crippen LogP contribution in [-0.4, -0.2) is 35.6 Å². The van der Waals surface area contributed by atoms with Crippen molar-refractivity contribution in [3.8, 4) is 0 Å². The van der Waals surface area contributed by atoms with Gasteiger partial charge in [-0.05, 0) is 25.2 Å². The fourth-order valence-electron chi connectivity index (χ4n) is 1.83. The third kappa shape index (κ3) is 3.50. The van der Waals surface area contributed by atoms with Gasteiger partial charge in [-0.2, -0.15) is 0 Å². The van der Waals surface area contributed by atoms with E-state index in [1.165, 1.54) is 0 Å². The Hall–Kier alpha value is -0.830. The molecular weight excluding hydrogens is 178 g/mol. The van der Waals surface area contributed by atoms with Crippen LogP contribution in [-0.2, 0) is 4.79 Å². The number of carbonyl (C=O) groups excluding carboxylic acids is 1. The van der Waals surface area contributed by atoms with E-state index in [9.17, 15) is 4.79 Å². The van der Waals surface area contributed by atoms with E-state index in [1.807, 2.05) is 0 Å². The molecule has 0 saturated carbocycles. The number of hydrogen-bond acceptors (Lipinski definition) is 2. The molecule has 0 heterocycles. The van der Waals surface area contributed by atoms with Crippen molar-refractivity contribution in [3.63, 3.8) is 0 Å². The van der Waals surface area contributed by atoms with Gasteiger partial charge in [-0.1, -0.05) is 12.2 Å². The molecular formula is C11H19NO2. The van der Waals surface area contributed by atoms with E-state index in [1.54, 1.807) is 11.8 Å².